The highest BCUT2D eigenvalue weighted by Gasteiger charge is 2.27. The van der Waals surface area contributed by atoms with Gasteiger partial charge < -0.3 is 15.3 Å². The molecule has 2 aromatic rings. The Labute approximate surface area is 169 Å². The van der Waals surface area contributed by atoms with Gasteiger partial charge in [0.05, 0.1) is 11.6 Å². The summed E-state index contributed by atoms with van der Waals surface area (Å²) in [7, 11) is 0. The number of carbonyl (C=O) groups excluding carboxylic acids is 2. The van der Waals surface area contributed by atoms with Crippen LogP contribution in [0.4, 0.5) is 4.39 Å². The van der Waals surface area contributed by atoms with Crippen molar-refractivity contribution in [2.24, 2.45) is 0 Å². The van der Waals surface area contributed by atoms with Gasteiger partial charge in [-0.2, -0.15) is 0 Å². The molecule has 2 aromatic carbocycles. The predicted octanol–water partition coefficient (Wildman–Crippen LogP) is 3.63. The number of aryl methyl sites for hydroxylation is 1. The summed E-state index contributed by atoms with van der Waals surface area (Å²) in [6.07, 6.45) is 4.33. The molecule has 1 heterocycles. The number of fused-ring (bicyclic) bond motifs is 2. The number of amides is 2. The summed E-state index contributed by atoms with van der Waals surface area (Å²) in [5, 5.41) is 13.7. The highest BCUT2D eigenvalue weighted by atomic mass is 19.1. The largest absolute Gasteiger partial charge is 0.507 e. The third-order valence-corrected chi connectivity index (χ3v) is 6.03. The van der Waals surface area contributed by atoms with Crippen molar-refractivity contribution in [1.29, 1.82) is 0 Å². The summed E-state index contributed by atoms with van der Waals surface area (Å²) in [6.45, 7) is 2.27. The molecule has 0 fully saturated rings. The molecule has 0 aromatic heterocycles. The molecule has 0 bridgehead atoms. The average molecular weight is 396 g/mol. The molecule has 2 amide bonds. The molecule has 2 aliphatic rings. The normalized spacial score (nSPS) is 18.4. The number of nitrogens with zero attached hydrogens (tertiary/aromatic N) is 1. The zero-order chi connectivity index (χ0) is 20.5. The third-order valence-electron chi connectivity index (χ3n) is 6.03. The minimum Gasteiger partial charge on any atom is -0.507 e. The Bertz CT molecular complexity index is 973. The number of nitrogens with one attached hydrogen (secondary N) is 1. The number of benzene rings is 2. The lowest BCUT2D eigenvalue weighted by Gasteiger charge is -2.22. The molecule has 29 heavy (non-hydrogen) atoms. The molecule has 4 rings (SSSR count). The summed E-state index contributed by atoms with van der Waals surface area (Å²) >= 11 is 0. The van der Waals surface area contributed by atoms with Crippen molar-refractivity contribution in [2.75, 3.05) is 6.54 Å². The van der Waals surface area contributed by atoms with Crippen molar-refractivity contribution < 1.29 is 19.1 Å². The number of carbonyl (C=O) groups is 2. The SMILES string of the molecule is CC(=O)N1CC[C@H](NC(=O)c2ccc3c(c2O)CCCC3)c2ccc(F)cc2C1. The molecule has 0 saturated heterocycles. The molecule has 0 radical (unpaired) electrons. The summed E-state index contributed by atoms with van der Waals surface area (Å²) in [4.78, 5) is 26.5. The van der Waals surface area contributed by atoms with E-state index in [2.05, 4.69) is 5.32 Å². The zero-order valence-electron chi connectivity index (χ0n) is 16.5. The maximum atomic E-state index is 13.8. The fourth-order valence-electron chi connectivity index (χ4n) is 4.42. The van der Waals surface area contributed by atoms with E-state index in [1.54, 1.807) is 17.0 Å². The van der Waals surface area contributed by atoms with Gasteiger partial charge in [-0.05, 0) is 72.6 Å². The van der Waals surface area contributed by atoms with E-state index in [1.807, 2.05) is 6.07 Å². The highest BCUT2D eigenvalue weighted by molar-refractivity contribution is 5.97. The number of halogens is 1. The van der Waals surface area contributed by atoms with Gasteiger partial charge in [0.1, 0.15) is 11.6 Å². The average Bonchev–Trinajstić information content (AvgIpc) is 2.87. The first-order valence-electron chi connectivity index (χ1n) is 10.1. The van der Waals surface area contributed by atoms with Crippen molar-refractivity contribution in [3.8, 4) is 5.75 Å². The van der Waals surface area contributed by atoms with E-state index in [1.165, 1.54) is 19.1 Å². The van der Waals surface area contributed by atoms with Gasteiger partial charge in [0, 0.05) is 20.0 Å². The second kappa shape index (κ2) is 7.85. The van der Waals surface area contributed by atoms with Crippen molar-refractivity contribution >= 4 is 11.8 Å². The van der Waals surface area contributed by atoms with Crippen LogP contribution in [0.25, 0.3) is 0 Å². The first-order valence-corrected chi connectivity index (χ1v) is 10.1. The molecule has 0 saturated carbocycles. The molecule has 5 nitrogen and oxygen atoms in total. The molecule has 1 atom stereocenters. The Balaban J connectivity index is 1.62. The van der Waals surface area contributed by atoms with Gasteiger partial charge in [-0.1, -0.05) is 12.1 Å². The molecule has 1 aliphatic carbocycles. The monoisotopic (exact) mass is 396 g/mol. The Morgan fingerprint density at radius 3 is 2.72 bits per heavy atom. The van der Waals surface area contributed by atoms with Gasteiger partial charge in [0.2, 0.25) is 5.91 Å². The zero-order valence-corrected chi connectivity index (χ0v) is 16.5. The van der Waals surface area contributed by atoms with E-state index < -0.39 is 0 Å². The molecule has 0 spiro atoms. The number of hydrogen-bond acceptors (Lipinski definition) is 3. The van der Waals surface area contributed by atoms with Crippen LogP contribution in [0, 0.1) is 5.82 Å². The smallest absolute Gasteiger partial charge is 0.255 e. The summed E-state index contributed by atoms with van der Waals surface area (Å²) < 4.78 is 13.8. The Kier molecular flexibility index (Phi) is 5.26. The molecule has 0 unspecified atom stereocenters. The number of hydrogen-bond donors (Lipinski definition) is 2. The van der Waals surface area contributed by atoms with Crippen LogP contribution in [0.3, 0.4) is 0 Å². The fraction of sp³-hybridized carbons (Fsp3) is 0.391. The van der Waals surface area contributed by atoms with Gasteiger partial charge in [-0.3, -0.25) is 9.59 Å². The van der Waals surface area contributed by atoms with Crippen molar-refractivity contribution in [3.63, 3.8) is 0 Å². The fourth-order valence-corrected chi connectivity index (χ4v) is 4.42. The van der Waals surface area contributed by atoms with Crippen LogP contribution < -0.4 is 5.32 Å². The van der Waals surface area contributed by atoms with Crippen LogP contribution in [0.2, 0.25) is 0 Å². The third kappa shape index (κ3) is 3.84. The lowest BCUT2D eigenvalue weighted by atomic mass is 9.89. The van der Waals surface area contributed by atoms with E-state index in [4.69, 9.17) is 0 Å². The Morgan fingerprint density at radius 2 is 1.93 bits per heavy atom. The topological polar surface area (TPSA) is 69.6 Å². The maximum absolute atomic E-state index is 13.8. The minimum atomic E-state index is -0.369. The van der Waals surface area contributed by atoms with Crippen LogP contribution in [0.1, 0.15) is 64.8 Å². The lowest BCUT2D eigenvalue weighted by Crippen LogP contribution is -2.31. The van der Waals surface area contributed by atoms with Gasteiger partial charge in [0.25, 0.3) is 5.91 Å². The van der Waals surface area contributed by atoms with E-state index in [-0.39, 0.29) is 35.0 Å². The van der Waals surface area contributed by atoms with Crippen LogP contribution in [-0.2, 0) is 24.2 Å². The molecular formula is C23H25FN2O3. The Hall–Kier alpha value is -2.89. The lowest BCUT2D eigenvalue weighted by molar-refractivity contribution is -0.129. The predicted molar refractivity (Wildman–Crippen MR) is 107 cm³/mol. The standard InChI is InChI=1S/C23H25FN2O3/c1-14(27)26-11-10-21(18-9-7-17(24)12-16(18)13-26)25-23(29)20-8-6-15-4-2-3-5-19(15)22(20)28/h6-9,12,21,28H,2-5,10-11,13H2,1H3,(H,25,29)/t21-/m0/s1. The molecule has 2 N–H and O–H groups in total. The van der Waals surface area contributed by atoms with Crippen molar-refractivity contribution in [2.45, 2.75) is 51.6 Å². The number of phenolic OH excluding ortho intramolecular Hbond substituents is 1. The van der Waals surface area contributed by atoms with E-state index >= 15 is 0 Å². The quantitative estimate of drug-likeness (QED) is 0.814. The first-order chi connectivity index (χ1) is 13.9. The first kappa shape index (κ1) is 19.4. The summed E-state index contributed by atoms with van der Waals surface area (Å²) in [6, 6.07) is 7.71. The number of rotatable bonds is 2. The van der Waals surface area contributed by atoms with Crippen LogP contribution in [0.15, 0.2) is 30.3 Å². The molecular weight excluding hydrogens is 371 g/mol. The van der Waals surface area contributed by atoms with Crippen LogP contribution >= 0.6 is 0 Å². The summed E-state index contributed by atoms with van der Waals surface area (Å²) in [5.41, 5.74) is 3.74. The van der Waals surface area contributed by atoms with Crippen LogP contribution in [-0.4, -0.2) is 28.4 Å². The maximum Gasteiger partial charge on any atom is 0.255 e. The summed E-state index contributed by atoms with van der Waals surface area (Å²) in [5.74, 6) is -0.739. The minimum absolute atomic E-state index is 0.0676. The van der Waals surface area contributed by atoms with E-state index in [0.717, 1.165) is 42.4 Å². The van der Waals surface area contributed by atoms with Crippen molar-refractivity contribution in [3.05, 3.63) is 64.0 Å². The van der Waals surface area contributed by atoms with Crippen LogP contribution in [0.5, 0.6) is 5.75 Å². The van der Waals surface area contributed by atoms with E-state index in [0.29, 0.717) is 25.1 Å². The number of aromatic hydroxyl groups is 1. The second-order valence-corrected chi connectivity index (χ2v) is 7.90. The van der Waals surface area contributed by atoms with E-state index in [9.17, 15) is 19.1 Å². The van der Waals surface area contributed by atoms with Gasteiger partial charge in [0.15, 0.2) is 0 Å². The molecule has 1 aliphatic heterocycles. The van der Waals surface area contributed by atoms with Gasteiger partial charge in [-0.15, -0.1) is 0 Å². The number of phenols is 1. The molecule has 152 valence electrons. The van der Waals surface area contributed by atoms with Gasteiger partial charge >= 0.3 is 0 Å². The second-order valence-electron chi connectivity index (χ2n) is 7.90. The highest BCUT2D eigenvalue weighted by Crippen LogP contribution is 2.33. The Morgan fingerprint density at radius 1 is 1.14 bits per heavy atom. The molecule has 6 heteroatoms. The van der Waals surface area contributed by atoms with Crippen molar-refractivity contribution in [1.82, 2.24) is 10.2 Å². The van der Waals surface area contributed by atoms with Gasteiger partial charge in [-0.25, -0.2) is 4.39 Å².